The first-order valence-electron chi connectivity index (χ1n) is 7.08. The maximum atomic E-state index is 4.89. The van der Waals surface area contributed by atoms with Gasteiger partial charge in [-0.2, -0.15) is 0 Å². The molecule has 102 valence electrons. The number of nitrogens with zero attached hydrogens (tertiary/aromatic N) is 1. The zero-order valence-corrected chi connectivity index (χ0v) is 12.7. The van der Waals surface area contributed by atoms with Crippen molar-refractivity contribution in [2.45, 2.75) is 6.42 Å². The zero-order chi connectivity index (χ0) is 14.2. The molecule has 0 atom stereocenters. The molecule has 0 saturated carbocycles. The monoisotopic (exact) mass is 289 g/mol. The fourth-order valence-electron chi connectivity index (χ4n) is 2.93. The Bertz CT molecular complexity index is 864. The van der Waals surface area contributed by atoms with Crippen molar-refractivity contribution >= 4 is 33.3 Å². The Morgan fingerprint density at radius 1 is 0.857 bits per heavy atom. The molecule has 3 aromatic carbocycles. The first-order chi connectivity index (χ1) is 10.3. The van der Waals surface area contributed by atoms with Crippen LogP contribution in [0.1, 0.15) is 16.7 Å². The standard InChI is InChI=1S/C19H15NS/c1-21-19-17-12-14-7-3-2-6-13(14)10-16(17)11-15-8-4-5-9-18(15)20-19/h2-10,12H,11H2,1H3. The van der Waals surface area contributed by atoms with Gasteiger partial charge in [0.1, 0.15) is 5.04 Å². The zero-order valence-electron chi connectivity index (χ0n) is 11.8. The van der Waals surface area contributed by atoms with Gasteiger partial charge in [-0.1, -0.05) is 48.5 Å². The van der Waals surface area contributed by atoms with Gasteiger partial charge in [-0.25, -0.2) is 4.99 Å². The van der Waals surface area contributed by atoms with Crippen molar-refractivity contribution in [2.75, 3.05) is 6.26 Å². The summed E-state index contributed by atoms with van der Waals surface area (Å²) in [5.74, 6) is 0. The summed E-state index contributed by atoms with van der Waals surface area (Å²) >= 11 is 1.72. The van der Waals surface area contributed by atoms with E-state index in [9.17, 15) is 0 Å². The van der Waals surface area contributed by atoms with Crippen molar-refractivity contribution in [1.82, 2.24) is 0 Å². The number of rotatable bonds is 0. The van der Waals surface area contributed by atoms with Crippen LogP contribution in [0.3, 0.4) is 0 Å². The van der Waals surface area contributed by atoms with E-state index in [1.54, 1.807) is 11.8 Å². The molecule has 0 fully saturated rings. The first kappa shape index (κ1) is 12.7. The molecule has 21 heavy (non-hydrogen) atoms. The molecular formula is C19H15NS. The number of hydrogen-bond acceptors (Lipinski definition) is 2. The second kappa shape index (κ2) is 5.05. The van der Waals surface area contributed by atoms with Crippen LogP contribution >= 0.6 is 11.8 Å². The molecule has 1 nitrogen and oxygen atoms in total. The first-order valence-corrected chi connectivity index (χ1v) is 8.30. The molecule has 3 aromatic rings. The van der Waals surface area contributed by atoms with E-state index in [0.29, 0.717) is 0 Å². The van der Waals surface area contributed by atoms with Gasteiger partial charge in [0.2, 0.25) is 0 Å². The topological polar surface area (TPSA) is 12.4 Å². The van der Waals surface area contributed by atoms with Crippen LogP contribution in [0.2, 0.25) is 0 Å². The minimum atomic E-state index is 0.948. The lowest BCUT2D eigenvalue weighted by Crippen LogP contribution is -1.99. The van der Waals surface area contributed by atoms with Crippen molar-refractivity contribution in [1.29, 1.82) is 0 Å². The fraction of sp³-hybridized carbons (Fsp3) is 0.105. The second-order valence-corrected chi connectivity index (χ2v) is 6.08. The lowest BCUT2D eigenvalue weighted by atomic mass is 9.96. The molecule has 0 amide bonds. The Morgan fingerprint density at radius 3 is 2.38 bits per heavy atom. The molecule has 1 aliphatic heterocycles. The molecule has 0 aromatic heterocycles. The summed E-state index contributed by atoms with van der Waals surface area (Å²) in [4.78, 5) is 4.89. The lowest BCUT2D eigenvalue weighted by Gasteiger charge is -2.10. The van der Waals surface area contributed by atoms with E-state index in [1.165, 1.54) is 27.5 Å². The average molecular weight is 289 g/mol. The van der Waals surface area contributed by atoms with Crippen molar-refractivity contribution < 1.29 is 0 Å². The van der Waals surface area contributed by atoms with Gasteiger partial charge in [0.05, 0.1) is 5.69 Å². The number of aliphatic imine (C=N–C) groups is 1. The Kier molecular flexibility index (Phi) is 3.04. The smallest absolute Gasteiger partial charge is 0.104 e. The summed E-state index contributed by atoms with van der Waals surface area (Å²) in [5, 5.41) is 3.70. The quantitative estimate of drug-likeness (QED) is 0.555. The number of thioether (sulfide) groups is 1. The highest BCUT2D eigenvalue weighted by atomic mass is 32.2. The van der Waals surface area contributed by atoms with E-state index >= 15 is 0 Å². The normalized spacial score (nSPS) is 13.3. The molecule has 0 radical (unpaired) electrons. The number of para-hydroxylation sites is 1. The van der Waals surface area contributed by atoms with Crippen molar-refractivity contribution in [2.24, 2.45) is 4.99 Å². The highest BCUT2D eigenvalue weighted by molar-refractivity contribution is 8.13. The maximum Gasteiger partial charge on any atom is 0.104 e. The van der Waals surface area contributed by atoms with Gasteiger partial charge in [-0.3, -0.25) is 0 Å². The predicted molar refractivity (Wildman–Crippen MR) is 92.9 cm³/mol. The second-order valence-electron chi connectivity index (χ2n) is 5.28. The van der Waals surface area contributed by atoms with Crippen LogP contribution in [-0.2, 0) is 6.42 Å². The molecular weight excluding hydrogens is 274 g/mol. The van der Waals surface area contributed by atoms with Gasteiger partial charge in [0, 0.05) is 12.0 Å². The fourth-order valence-corrected chi connectivity index (χ4v) is 3.53. The van der Waals surface area contributed by atoms with E-state index in [-0.39, 0.29) is 0 Å². The van der Waals surface area contributed by atoms with Gasteiger partial charge in [-0.05, 0) is 40.3 Å². The molecule has 1 aliphatic rings. The summed E-state index contributed by atoms with van der Waals surface area (Å²) in [5.41, 5.74) is 5.05. The van der Waals surface area contributed by atoms with Crippen LogP contribution in [0.25, 0.3) is 10.8 Å². The van der Waals surface area contributed by atoms with E-state index in [1.807, 2.05) is 0 Å². The predicted octanol–water partition coefficient (Wildman–Crippen LogP) is 5.19. The van der Waals surface area contributed by atoms with Crippen LogP contribution in [0.15, 0.2) is 65.7 Å². The average Bonchev–Trinajstić information content (AvgIpc) is 2.68. The van der Waals surface area contributed by atoms with Gasteiger partial charge >= 0.3 is 0 Å². The molecule has 0 aliphatic carbocycles. The molecule has 1 heterocycles. The van der Waals surface area contributed by atoms with Crippen molar-refractivity contribution in [3.63, 3.8) is 0 Å². The Morgan fingerprint density at radius 2 is 1.57 bits per heavy atom. The molecule has 0 bridgehead atoms. The molecule has 2 heteroatoms. The number of hydrogen-bond donors (Lipinski definition) is 0. The maximum absolute atomic E-state index is 4.89. The third-order valence-electron chi connectivity index (χ3n) is 3.99. The Hall–Kier alpha value is -2.06. The highest BCUT2D eigenvalue weighted by Gasteiger charge is 2.16. The summed E-state index contributed by atoms with van der Waals surface area (Å²) in [6, 6.07) is 21.6. The van der Waals surface area contributed by atoms with E-state index in [4.69, 9.17) is 4.99 Å². The Labute approximate surface area is 128 Å². The van der Waals surface area contributed by atoms with E-state index < -0.39 is 0 Å². The van der Waals surface area contributed by atoms with Gasteiger partial charge in [0.25, 0.3) is 0 Å². The third kappa shape index (κ3) is 2.16. The van der Waals surface area contributed by atoms with E-state index in [0.717, 1.165) is 17.2 Å². The van der Waals surface area contributed by atoms with Gasteiger partial charge < -0.3 is 0 Å². The van der Waals surface area contributed by atoms with Crippen LogP contribution in [0.4, 0.5) is 5.69 Å². The van der Waals surface area contributed by atoms with Crippen LogP contribution in [-0.4, -0.2) is 11.3 Å². The molecule has 0 unspecified atom stereocenters. The molecule has 0 N–H and O–H groups in total. The van der Waals surface area contributed by atoms with Gasteiger partial charge in [0.15, 0.2) is 0 Å². The number of benzene rings is 3. The molecule has 0 spiro atoms. The Balaban J connectivity index is 2.02. The molecule has 4 rings (SSSR count). The van der Waals surface area contributed by atoms with E-state index in [2.05, 4.69) is 66.9 Å². The molecule has 0 saturated heterocycles. The van der Waals surface area contributed by atoms with Crippen LogP contribution in [0, 0.1) is 0 Å². The lowest BCUT2D eigenvalue weighted by molar-refractivity contribution is 1.20. The summed E-state index contributed by atoms with van der Waals surface area (Å²) in [6.07, 6.45) is 3.05. The van der Waals surface area contributed by atoms with Crippen molar-refractivity contribution in [3.8, 4) is 0 Å². The highest BCUT2D eigenvalue weighted by Crippen LogP contribution is 2.33. The van der Waals surface area contributed by atoms with Crippen LogP contribution < -0.4 is 0 Å². The summed E-state index contributed by atoms with van der Waals surface area (Å²) < 4.78 is 0. The summed E-state index contributed by atoms with van der Waals surface area (Å²) in [7, 11) is 0. The van der Waals surface area contributed by atoms with Gasteiger partial charge in [-0.15, -0.1) is 11.8 Å². The minimum Gasteiger partial charge on any atom is -0.241 e. The van der Waals surface area contributed by atoms with Crippen molar-refractivity contribution in [3.05, 3.63) is 77.4 Å². The SMILES string of the molecule is CSC1=Nc2ccccc2Cc2cc3ccccc3cc21. The third-order valence-corrected chi connectivity index (χ3v) is 4.69. The van der Waals surface area contributed by atoms with Crippen LogP contribution in [0.5, 0.6) is 0 Å². The summed E-state index contributed by atoms with van der Waals surface area (Å²) in [6.45, 7) is 0. The minimum absolute atomic E-state index is 0.948. The largest absolute Gasteiger partial charge is 0.241 e. The number of fused-ring (bicyclic) bond motifs is 3.